The minimum atomic E-state index is -4.36. The number of nitrogens with one attached hydrogen (secondary N) is 1. The zero-order chi connectivity index (χ0) is 26.4. The predicted octanol–water partition coefficient (Wildman–Crippen LogP) is 1.42. The molecule has 0 aromatic heterocycles. The predicted molar refractivity (Wildman–Crippen MR) is 130 cm³/mol. The summed E-state index contributed by atoms with van der Waals surface area (Å²) in [6.07, 6.45) is 5.02. The number of hydroxylamine groups is 1. The van der Waals surface area contributed by atoms with Crippen LogP contribution in [0.2, 0.25) is 0 Å². The standard InChI is InChI=1S/C19H29NO8S.C4H10O2/c1-3-5-6-16-7-9-18(10-8-16)25-14-19(13-17(22)4-2)26-15-27-29(23,24)28-20-11-12-21;5-3-1-2-4-6/h4,7-10,19-21H,2-3,5-6,11-15H2,1H3;5-6H,1-4H2. The third kappa shape index (κ3) is 19.0. The lowest BCUT2D eigenvalue weighted by atomic mass is 10.1. The van der Waals surface area contributed by atoms with Crippen LogP contribution in [0.15, 0.2) is 36.9 Å². The zero-order valence-corrected chi connectivity index (χ0v) is 21.1. The average Bonchev–Trinajstić information content (AvgIpc) is 2.85. The van der Waals surface area contributed by atoms with Gasteiger partial charge in [0.15, 0.2) is 12.6 Å². The van der Waals surface area contributed by atoms with Gasteiger partial charge >= 0.3 is 10.4 Å². The third-order valence-electron chi connectivity index (χ3n) is 4.27. The van der Waals surface area contributed by atoms with Gasteiger partial charge in [0.25, 0.3) is 0 Å². The van der Waals surface area contributed by atoms with E-state index in [0.717, 1.165) is 38.2 Å². The Hall–Kier alpha value is -1.90. The van der Waals surface area contributed by atoms with Crippen molar-refractivity contribution >= 4 is 16.2 Å². The van der Waals surface area contributed by atoms with E-state index in [1.807, 2.05) is 29.7 Å². The van der Waals surface area contributed by atoms with Crippen molar-refractivity contribution in [2.75, 3.05) is 39.8 Å². The molecule has 1 unspecified atom stereocenters. The molecule has 0 saturated carbocycles. The summed E-state index contributed by atoms with van der Waals surface area (Å²) in [6.45, 7) is 4.87. The first kappa shape index (κ1) is 33.1. The van der Waals surface area contributed by atoms with Crippen LogP contribution in [-0.4, -0.2) is 75.4 Å². The quantitative estimate of drug-likeness (QED) is 0.0850. The molecule has 202 valence electrons. The van der Waals surface area contributed by atoms with Crippen molar-refractivity contribution in [1.29, 1.82) is 0 Å². The molecule has 1 aromatic carbocycles. The number of aliphatic hydroxyl groups is 3. The Morgan fingerprint density at radius 1 is 1.09 bits per heavy atom. The number of hydrogen-bond acceptors (Lipinski definition) is 11. The first-order valence-corrected chi connectivity index (χ1v) is 12.8. The number of carbonyl (C=O) groups excluding carboxylic acids is 1. The van der Waals surface area contributed by atoms with Crippen LogP contribution < -0.4 is 10.2 Å². The number of aryl methyl sites for hydroxylation is 1. The van der Waals surface area contributed by atoms with Crippen molar-refractivity contribution in [3.05, 3.63) is 42.5 Å². The van der Waals surface area contributed by atoms with Crippen molar-refractivity contribution in [2.24, 2.45) is 0 Å². The normalized spacial score (nSPS) is 11.9. The maximum Gasteiger partial charge on any atom is 0.418 e. The van der Waals surface area contributed by atoms with Crippen LogP contribution >= 0.6 is 0 Å². The molecule has 0 spiro atoms. The molecule has 0 radical (unpaired) electrons. The molecule has 0 aliphatic rings. The first-order valence-electron chi connectivity index (χ1n) is 11.4. The van der Waals surface area contributed by atoms with Gasteiger partial charge in [0.1, 0.15) is 18.5 Å². The molecule has 4 N–H and O–H groups in total. The third-order valence-corrected chi connectivity index (χ3v) is 4.98. The van der Waals surface area contributed by atoms with Gasteiger partial charge in [-0.05, 0) is 49.5 Å². The van der Waals surface area contributed by atoms with Gasteiger partial charge in [0.05, 0.1) is 6.61 Å². The lowest BCUT2D eigenvalue weighted by Crippen LogP contribution is -2.28. The second kappa shape index (κ2) is 21.4. The van der Waals surface area contributed by atoms with E-state index in [9.17, 15) is 13.2 Å². The molecule has 1 rings (SSSR count). The Morgan fingerprint density at radius 2 is 1.74 bits per heavy atom. The molecule has 0 aliphatic carbocycles. The van der Waals surface area contributed by atoms with E-state index >= 15 is 0 Å². The molecule has 0 bridgehead atoms. The lowest BCUT2D eigenvalue weighted by Gasteiger charge is -2.17. The molecular weight excluding hydrogens is 482 g/mol. The maximum absolute atomic E-state index is 11.6. The molecule has 0 aliphatic heterocycles. The number of benzene rings is 1. The number of hydrogen-bond donors (Lipinski definition) is 4. The summed E-state index contributed by atoms with van der Waals surface area (Å²) in [5.74, 6) is 0.326. The Bertz CT molecular complexity index is 767. The topological polar surface area (TPSA) is 161 Å². The summed E-state index contributed by atoms with van der Waals surface area (Å²) in [5.41, 5.74) is 3.22. The summed E-state index contributed by atoms with van der Waals surface area (Å²) < 4.78 is 42.7. The first-order chi connectivity index (χ1) is 16.8. The van der Waals surface area contributed by atoms with Crippen molar-refractivity contribution in [3.8, 4) is 5.75 Å². The number of aliphatic hydroxyl groups excluding tert-OH is 3. The SMILES string of the molecule is C=CC(=O)CC(COc1ccc(CCCC)cc1)OCOS(=O)(=O)ONCCO.OCCCCO. The van der Waals surface area contributed by atoms with Crippen LogP contribution in [0.3, 0.4) is 0 Å². The Morgan fingerprint density at radius 3 is 2.29 bits per heavy atom. The van der Waals surface area contributed by atoms with E-state index in [1.165, 1.54) is 5.56 Å². The lowest BCUT2D eigenvalue weighted by molar-refractivity contribution is -0.120. The molecule has 1 atom stereocenters. The van der Waals surface area contributed by atoms with Gasteiger partial charge in [-0.25, -0.2) is 4.18 Å². The number of ether oxygens (including phenoxy) is 2. The minimum absolute atomic E-state index is 0.0148. The number of allylic oxidation sites excluding steroid dienone is 1. The van der Waals surface area contributed by atoms with Crippen LogP contribution in [0.4, 0.5) is 0 Å². The molecule has 11 nitrogen and oxygen atoms in total. The number of carbonyl (C=O) groups is 1. The van der Waals surface area contributed by atoms with Crippen LogP contribution in [-0.2, 0) is 34.8 Å². The largest absolute Gasteiger partial charge is 0.491 e. The second-order valence-electron chi connectivity index (χ2n) is 7.22. The summed E-state index contributed by atoms with van der Waals surface area (Å²) in [7, 11) is -4.36. The average molecular weight is 522 g/mol. The molecule has 0 heterocycles. The fraction of sp³-hybridized carbons (Fsp3) is 0.609. The van der Waals surface area contributed by atoms with Crippen LogP contribution in [0, 0.1) is 0 Å². The van der Waals surface area contributed by atoms with Crippen molar-refractivity contribution in [1.82, 2.24) is 5.48 Å². The van der Waals surface area contributed by atoms with Gasteiger partial charge in [-0.15, -0.1) is 0 Å². The van der Waals surface area contributed by atoms with Crippen LogP contribution in [0.5, 0.6) is 5.75 Å². The van der Waals surface area contributed by atoms with E-state index in [-0.39, 0.29) is 45.2 Å². The highest BCUT2D eigenvalue weighted by Crippen LogP contribution is 2.15. The molecule has 0 fully saturated rings. The van der Waals surface area contributed by atoms with E-state index in [1.54, 1.807) is 0 Å². The summed E-state index contributed by atoms with van der Waals surface area (Å²) in [4.78, 5) is 11.6. The second-order valence-corrected chi connectivity index (χ2v) is 8.44. The van der Waals surface area contributed by atoms with Gasteiger partial charge < -0.3 is 24.8 Å². The van der Waals surface area contributed by atoms with Gasteiger partial charge in [-0.2, -0.15) is 18.2 Å². The minimum Gasteiger partial charge on any atom is -0.491 e. The van der Waals surface area contributed by atoms with Crippen LogP contribution in [0.25, 0.3) is 0 Å². The molecule has 0 saturated heterocycles. The zero-order valence-electron chi connectivity index (χ0n) is 20.3. The molecule has 0 amide bonds. The number of unbranched alkanes of at least 4 members (excludes halogenated alkanes) is 2. The summed E-state index contributed by atoms with van der Waals surface area (Å²) in [5, 5.41) is 24.7. The van der Waals surface area contributed by atoms with Gasteiger partial charge in [0, 0.05) is 26.2 Å². The van der Waals surface area contributed by atoms with Gasteiger partial charge in [-0.3, -0.25) is 4.79 Å². The summed E-state index contributed by atoms with van der Waals surface area (Å²) in [6, 6.07) is 7.61. The van der Waals surface area contributed by atoms with Gasteiger partial charge in [0.2, 0.25) is 0 Å². The number of ketones is 1. The van der Waals surface area contributed by atoms with E-state index in [0.29, 0.717) is 5.75 Å². The summed E-state index contributed by atoms with van der Waals surface area (Å²) >= 11 is 0. The van der Waals surface area contributed by atoms with E-state index in [4.69, 9.17) is 24.8 Å². The fourth-order valence-electron chi connectivity index (χ4n) is 2.39. The van der Waals surface area contributed by atoms with Crippen LogP contribution in [0.1, 0.15) is 44.6 Å². The number of rotatable bonds is 20. The maximum atomic E-state index is 11.6. The highest BCUT2D eigenvalue weighted by atomic mass is 32.3. The van der Waals surface area contributed by atoms with E-state index in [2.05, 4.69) is 22.0 Å². The highest BCUT2D eigenvalue weighted by Gasteiger charge is 2.18. The monoisotopic (exact) mass is 521 g/mol. The molecule has 12 heteroatoms. The highest BCUT2D eigenvalue weighted by molar-refractivity contribution is 7.81. The Balaban J connectivity index is 0.00000170. The molecule has 1 aromatic rings. The molecular formula is C23H39NO10S. The fourth-order valence-corrected chi connectivity index (χ4v) is 2.84. The smallest absolute Gasteiger partial charge is 0.418 e. The molecule has 35 heavy (non-hydrogen) atoms. The Labute approximate surface area is 207 Å². The van der Waals surface area contributed by atoms with Crippen molar-refractivity contribution < 1.29 is 46.5 Å². The Kier molecular flexibility index (Phi) is 20.2. The van der Waals surface area contributed by atoms with Crippen molar-refractivity contribution in [3.63, 3.8) is 0 Å². The van der Waals surface area contributed by atoms with E-state index < -0.39 is 23.3 Å². The van der Waals surface area contributed by atoms with Gasteiger partial charge in [-0.1, -0.05) is 32.1 Å². The van der Waals surface area contributed by atoms with Crippen molar-refractivity contribution in [2.45, 2.75) is 51.6 Å².